The smallest absolute Gasteiger partial charge is 0.132 e. The maximum absolute atomic E-state index is 5.25. The second kappa shape index (κ2) is 3.82. The summed E-state index contributed by atoms with van der Waals surface area (Å²) in [4.78, 5) is 0. The highest BCUT2D eigenvalue weighted by Crippen LogP contribution is 2.24. The van der Waals surface area contributed by atoms with Gasteiger partial charge in [-0.05, 0) is 30.0 Å². The maximum Gasteiger partial charge on any atom is 0.132 e. The molecular formula is C12H17O. The van der Waals surface area contributed by atoms with Crippen molar-refractivity contribution in [3.63, 3.8) is 0 Å². The van der Waals surface area contributed by atoms with Gasteiger partial charge in [0.25, 0.3) is 0 Å². The van der Waals surface area contributed by atoms with E-state index < -0.39 is 0 Å². The lowest BCUT2D eigenvalue weighted by atomic mass is 9.87. The van der Waals surface area contributed by atoms with E-state index in [-0.39, 0.29) is 5.41 Å². The molecule has 0 aromatic heterocycles. The number of rotatable bonds is 2. The van der Waals surface area contributed by atoms with Crippen molar-refractivity contribution in [3.05, 3.63) is 36.4 Å². The van der Waals surface area contributed by atoms with Gasteiger partial charge in [-0.2, -0.15) is 0 Å². The average molecular weight is 177 g/mol. The van der Waals surface area contributed by atoms with Crippen molar-refractivity contribution in [1.82, 2.24) is 0 Å². The number of hydrogen-bond donors (Lipinski definition) is 0. The molecule has 1 radical (unpaired) electrons. The molecular weight excluding hydrogens is 160 g/mol. The molecule has 0 amide bonds. The van der Waals surface area contributed by atoms with E-state index in [9.17, 15) is 0 Å². The van der Waals surface area contributed by atoms with Gasteiger partial charge >= 0.3 is 0 Å². The summed E-state index contributed by atoms with van der Waals surface area (Å²) >= 11 is 0. The van der Waals surface area contributed by atoms with Gasteiger partial charge in [-0.25, -0.2) is 0 Å². The van der Waals surface area contributed by atoms with Crippen molar-refractivity contribution in [2.45, 2.75) is 33.1 Å². The van der Waals surface area contributed by atoms with E-state index in [4.69, 9.17) is 4.74 Å². The Balaban J connectivity index is 2.81. The summed E-state index contributed by atoms with van der Waals surface area (Å²) in [7, 11) is 0. The van der Waals surface area contributed by atoms with Crippen molar-refractivity contribution in [2.75, 3.05) is 0 Å². The standard InChI is InChI=1S/C12H17O/c1-5-13-11-8-6-10(7-9-11)12(2,3)4/h5-9H,1-4H3. The molecule has 1 aromatic rings. The molecule has 0 spiro atoms. The van der Waals surface area contributed by atoms with Gasteiger partial charge in [0.15, 0.2) is 0 Å². The van der Waals surface area contributed by atoms with E-state index in [1.807, 2.05) is 19.1 Å². The summed E-state index contributed by atoms with van der Waals surface area (Å²) in [6.45, 7) is 10.2. The lowest BCUT2D eigenvalue weighted by Crippen LogP contribution is -2.10. The fourth-order valence-corrected chi connectivity index (χ4v) is 1.17. The second-order valence-corrected chi connectivity index (χ2v) is 4.13. The van der Waals surface area contributed by atoms with Crippen LogP contribution in [0.15, 0.2) is 24.3 Å². The van der Waals surface area contributed by atoms with E-state index in [1.165, 1.54) is 5.56 Å². The van der Waals surface area contributed by atoms with Gasteiger partial charge in [0, 0.05) is 0 Å². The lowest BCUT2D eigenvalue weighted by Gasteiger charge is -2.18. The van der Waals surface area contributed by atoms with Gasteiger partial charge in [0.1, 0.15) is 12.4 Å². The summed E-state index contributed by atoms with van der Waals surface area (Å²) < 4.78 is 5.25. The molecule has 0 aliphatic rings. The molecule has 71 valence electrons. The van der Waals surface area contributed by atoms with Crippen molar-refractivity contribution in [1.29, 1.82) is 0 Å². The minimum atomic E-state index is 0.217. The fourth-order valence-electron chi connectivity index (χ4n) is 1.17. The topological polar surface area (TPSA) is 9.23 Å². The highest BCUT2D eigenvalue weighted by Gasteiger charge is 2.12. The zero-order valence-corrected chi connectivity index (χ0v) is 8.79. The first-order chi connectivity index (χ1) is 6.04. The first-order valence-electron chi connectivity index (χ1n) is 4.59. The third-order valence-electron chi connectivity index (χ3n) is 1.97. The van der Waals surface area contributed by atoms with Crippen LogP contribution >= 0.6 is 0 Å². The van der Waals surface area contributed by atoms with E-state index in [2.05, 4.69) is 32.9 Å². The molecule has 1 heteroatoms. The highest BCUT2D eigenvalue weighted by molar-refractivity contribution is 5.31. The Hall–Kier alpha value is -0.980. The summed E-state index contributed by atoms with van der Waals surface area (Å²) in [5.41, 5.74) is 1.55. The second-order valence-electron chi connectivity index (χ2n) is 4.13. The van der Waals surface area contributed by atoms with Gasteiger partial charge in [0.05, 0.1) is 0 Å². The third-order valence-corrected chi connectivity index (χ3v) is 1.97. The van der Waals surface area contributed by atoms with E-state index >= 15 is 0 Å². The van der Waals surface area contributed by atoms with Crippen molar-refractivity contribution in [3.8, 4) is 5.75 Å². The van der Waals surface area contributed by atoms with Crippen LogP contribution in [-0.2, 0) is 5.41 Å². The Bertz CT molecular complexity index is 253. The first-order valence-corrected chi connectivity index (χ1v) is 4.59. The summed E-state index contributed by atoms with van der Waals surface area (Å²) in [6.07, 6.45) is 0. The summed E-state index contributed by atoms with van der Waals surface area (Å²) in [6, 6.07) is 8.22. The summed E-state index contributed by atoms with van der Waals surface area (Å²) in [5, 5.41) is 0. The molecule has 0 unspecified atom stereocenters. The van der Waals surface area contributed by atoms with Crippen LogP contribution in [0.5, 0.6) is 5.75 Å². The van der Waals surface area contributed by atoms with Crippen LogP contribution in [0.4, 0.5) is 0 Å². The molecule has 0 saturated carbocycles. The van der Waals surface area contributed by atoms with Crippen LogP contribution in [0.2, 0.25) is 0 Å². The first kappa shape index (κ1) is 10.1. The van der Waals surface area contributed by atoms with E-state index in [0.717, 1.165) is 5.75 Å². The van der Waals surface area contributed by atoms with Gasteiger partial charge in [-0.15, -0.1) is 0 Å². The minimum absolute atomic E-state index is 0.217. The van der Waals surface area contributed by atoms with Gasteiger partial charge < -0.3 is 4.74 Å². The zero-order chi connectivity index (χ0) is 9.90. The summed E-state index contributed by atoms with van der Waals surface area (Å²) in [5.74, 6) is 0.899. The Morgan fingerprint density at radius 2 is 1.62 bits per heavy atom. The number of ether oxygens (including phenoxy) is 1. The number of benzene rings is 1. The van der Waals surface area contributed by atoms with Gasteiger partial charge in [0.2, 0.25) is 0 Å². The fraction of sp³-hybridized carbons (Fsp3) is 0.417. The Morgan fingerprint density at radius 3 is 2.00 bits per heavy atom. The molecule has 1 aromatic carbocycles. The SMILES string of the molecule is C[CH]Oc1ccc(C(C)(C)C)cc1. The zero-order valence-electron chi connectivity index (χ0n) is 8.79. The molecule has 0 aliphatic heterocycles. The molecule has 0 aliphatic carbocycles. The van der Waals surface area contributed by atoms with Crippen molar-refractivity contribution in [2.24, 2.45) is 0 Å². The normalized spacial score (nSPS) is 11.4. The van der Waals surface area contributed by atoms with Crippen molar-refractivity contribution < 1.29 is 4.74 Å². The van der Waals surface area contributed by atoms with Crippen LogP contribution in [0.25, 0.3) is 0 Å². The van der Waals surface area contributed by atoms with Crippen LogP contribution in [0.1, 0.15) is 33.3 Å². The monoisotopic (exact) mass is 177 g/mol. The largest absolute Gasteiger partial charge is 0.487 e. The van der Waals surface area contributed by atoms with E-state index in [0.29, 0.717) is 0 Å². The molecule has 0 heterocycles. The predicted molar refractivity (Wildman–Crippen MR) is 55.7 cm³/mol. The molecule has 13 heavy (non-hydrogen) atoms. The van der Waals surface area contributed by atoms with Crippen LogP contribution in [-0.4, -0.2) is 0 Å². The predicted octanol–water partition coefficient (Wildman–Crippen LogP) is 3.54. The third kappa shape index (κ3) is 2.76. The molecule has 0 N–H and O–H groups in total. The van der Waals surface area contributed by atoms with Crippen LogP contribution in [0, 0.1) is 6.61 Å². The number of hydrogen-bond acceptors (Lipinski definition) is 1. The molecule has 0 bridgehead atoms. The van der Waals surface area contributed by atoms with E-state index in [1.54, 1.807) is 6.61 Å². The quantitative estimate of drug-likeness (QED) is 0.671. The molecule has 1 rings (SSSR count). The van der Waals surface area contributed by atoms with Gasteiger partial charge in [-0.3, -0.25) is 0 Å². The van der Waals surface area contributed by atoms with Crippen LogP contribution < -0.4 is 4.74 Å². The highest BCUT2D eigenvalue weighted by atomic mass is 16.5. The van der Waals surface area contributed by atoms with Crippen LogP contribution in [0.3, 0.4) is 0 Å². The lowest BCUT2D eigenvalue weighted by molar-refractivity contribution is 0.416. The Morgan fingerprint density at radius 1 is 1.08 bits per heavy atom. The Kier molecular flexibility index (Phi) is 2.97. The molecule has 0 fully saturated rings. The molecule has 0 atom stereocenters. The minimum Gasteiger partial charge on any atom is -0.487 e. The van der Waals surface area contributed by atoms with Crippen molar-refractivity contribution >= 4 is 0 Å². The van der Waals surface area contributed by atoms with Gasteiger partial charge in [-0.1, -0.05) is 32.9 Å². The Labute approximate surface area is 80.7 Å². The molecule has 1 nitrogen and oxygen atoms in total. The average Bonchev–Trinajstić information content (AvgIpc) is 2.04. The maximum atomic E-state index is 5.25. The molecule has 0 saturated heterocycles.